The summed E-state index contributed by atoms with van der Waals surface area (Å²) in [5.41, 5.74) is 5.62. The fourth-order valence-corrected chi connectivity index (χ4v) is 6.44. The maximum Gasteiger partial charge on any atom is 0.315 e. The van der Waals surface area contributed by atoms with E-state index in [4.69, 9.17) is 4.74 Å². The van der Waals surface area contributed by atoms with Gasteiger partial charge in [-0.3, -0.25) is 9.59 Å². The van der Waals surface area contributed by atoms with Gasteiger partial charge in [-0.2, -0.15) is 0 Å². The lowest BCUT2D eigenvalue weighted by Gasteiger charge is -2.28. The summed E-state index contributed by atoms with van der Waals surface area (Å²) in [6.07, 6.45) is 12.1. The average molecular weight is 446 g/mol. The molecule has 2 fully saturated rings. The Kier molecular flexibility index (Phi) is 4.54. The Hall–Kier alpha value is -3.28. The smallest absolute Gasteiger partial charge is 0.315 e. The van der Waals surface area contributed by atoms with Gasteiger partial charge >= 0.3 is 11.9 Å². The molecule has 0 bridgehead atoms. The van der Waals surface area contributed by atoms with E-state index in [2.05, 4.69) is 16.7 Å². The second-order valence-electron chi connectivity index (χ2n) is 9.68. The Bertz CT molecular complexity index is 1290. The van der Waals surface area contributed by atoms with E-state index in [0.717, 1.165) is 51.9 Å². The van der Waals surface area contributed by atoms with Gasteiger partial charge in [-0.25, -0.2) is 0 Å². The highest BCUT2D eigenvalue weighted by atomic mass is 16.5. The van der Waals surface area contributed by atoms with Crippen LogP contribution in [0.2, 0.25) is 0 Å². The Balaban J connectivity index is 1.66. The van der Waals surface area contributed by atoms with E-state index in [1.165, 1.54) is 24.8 Å². The Morgan fingerprint density at radius 1 is 1.09 bits per heavy atom. The van der Waals surface area contributed by atoms with E-state index in [-0.39, 0.29) is 0 Å². The van der Waals surface area contributed by atoms with Crippen molar-refractivity contribution in [1.82, 2.24) is 4.57 Å². The number of fused-ring (bicyclic) bond motifs is 6. The lowest BCUT2D eigenvalue weighted by atomic mass is 9.77. The summed E-state index contributed by atoms with van der Waals surface area (Å²) in [5.74, 6) is -2.21. The van der Waals surface area contributed by atoms with Crippen LogP contribution in [0.5, 0.6) is 5.75 Å². The molecular weight excluding hydrogens is 418 g/mol. The number of nitrogens with zero attached hydrogens (tertiary/aromatic N) is 1. The molecule has 2 aromatic rings. The van der Waals surface area contributed by atoms with E-state index in [0.29, 0.717) is 12.3 Å². The number of hydrogen-bond acceptors (Lipinski definition) is 3. The third kappa shape index (κ3) is 2.93. The molecule has 170 valence electrons. The molecule has 1 aromatic heterocycles. The second-order valence-corrected chi connectivity index (χ2v) is 9.68. The lowest BCUT2D eigenvalue weighted by molar-refractivity contribution is -0.142. The number of carboxylic acid groups (broad SMARTS) is 2. The molecule has 0 amide bonds. The number of ether oxygens (including phenoxy) is 1. The zero-order chi connectivity index (χ0) is 22.9. The maximum absolute atomic E-state index is 12.3. The highest BCUT2D eigenvalue weighted by Crippen LogP contribution is 2.57. The molecular formula is C27H27NO5. The first-order valence-corrected chi connectivity index (χ1v) is 11.8. The standard InChI is InChI=1S/C27H27NO5/c1-33-21-11-10-15(14-6-3-2-4-7-14)25-18(21)12-20-22-16(8-5-9-17(22)26(29)30)23-19(13-28(20)25)24(23)27(31)32/h5,8,10-14,17,22,24H,2-4,6-7,9H2,1H3,(H,29,30)(H,31,32)/t17-,22?,24?/m1/s1. The molecule has 1 aliphatic heterocycles. The van der Waals surface area contributed by atoms with Crippen LogP contribution >= 0.6 is 0 Å². The summed E-state index contributed by atoms with van der Waals surface area (Å²) in [6.45, 7) is 0. The van der Waals surface area contributed by atoms with Crippen molar-refractivity contribution in [1.29, 1.82) is 0 Å². The zero-order valence-corrected chi connectivity index (χ0v) is 18.6. The molecule has 2 heterocycles. The molecule has 2 saturated carbocycles. The van der Waals surface area contributed by atoms with Crippen LogP contribution in [-0.2, 0) is 9.59 Å². The summed E-state index contributed by atoms with van der Waals surface area (Å²) >= 11 is 0. The van der Waals surface area contributed by atoms with Crippen LogP contribution in [0.15, 0.2) is 47.1 Å². The van der Waals surface area contributed by atoms with Crippen molar-refractivity contribution in [2.24, 2.45) is 11.8 Å². The van der Waals surface area contributed by atoms with Crippen molar-refractivity contribution >= 4 is 29.0 Å². The van der Waals surface area contributed by atoms with Gasteiger partial charge in [0.15, 0.2) is 0 Å². The zero-order valence-electron chi connectivity index (χ0n) is 18.6. The molecule has 6 nitrogen and oxygen atoms in total. The number of methoxy groups -OCH3 is 1. The quantitative estimate of drug-likeness (QED) is 0.666. The maximum atomic E-state index is 12.3. The summed E-state index contributed by atoms with van der Waals surface area (Å²) < 4.78 is 7.82. The predicted octanol–water partition coefficient (Wildman–Crippen LogP) is 5.31. The fraction of sp³-hybridized carbons (Fsp3) is 0.407. The van der Waals surface area contributed by atoms with Crippen molar-refractivity contribution < 1.29 is 24.5 Å². The van der Waals surface area contributed by atoms with Crippen LogP contribution in [0.1, 0.15) is 61.6 Å². The van der Waals surface area contributed by atoms with Crippen LogP contribution in [-0.4, -0.2) is 33.8 Å². The topological polar surface area (TPSA) is 88.8 Å². The van der Waals surface area contributed by atoms with Gasteiger partial charge in [0.05, 0.1) is 18.5 Å². The van der Waals surface area contributed by atoms with E-state index >= 15 is 0 Å². The number of aromatic nitrogens is 1. The number of carboxylic acids is 2. The number of carbonyl (C=O) groups is 2. The third-order valence-electron chi connectivity index (χ3n) is 8.00. The normalized spacial score (nSPS) is 26.2. The number of hydrogen-bond donors (Lipinski definition) is 2. The second kappa shape index (κ2) is 7.37. The third-order valence-corrected chi connectivity index (χ3v) is 8.00. The van der Waals surface area contributed by atoms with Gasteiger partial charge in [0.25, 0.3) is 0 Å². The summed E-state index contributed by atoms with van der Waals surface area (Å²) in [6, 6.07) is 6.26. The van der Waals surface area contributed by atoms with Gasteiger partial charge in [-0.1, -0.05) is 37.5 Å². The molecule has 2 N–H and O–H groups in total. The van der Waals surface area contributed by atoms with Gasteiger partial charge < -0.3 is 19.5 Å². The molecule has 4 aliphatic rings. The van der Waals surface area contributed by atoms with Gasteiger partial charge in [0.1, 0.15) is 11.7 Å². The molecule has 1 aromatic carbocycles. The number of allylic oxidation sites excluding steroid dienone is 3. The monoisotopic (exact) mass is 445 g/mol. The Morgan fingerprint density at radius 2 is 1.88 bits per heavy atom. The minimum absolute atomic E-state index is 0.392. The van der Waals surface area contributed by atoms with Crippen LogP contribution in [0, 0.1) is 11.8 Å². The number of rotatable bonds is 4. The van der Waals surface area contributed by atoms with Gasteiger partial charge in [0.2, 0.25) is 0 Å². The first-order chi connectivity index (χ1) is 16.0. The van der Waals surface area contributed by atoms with Crippen molar-refractivity contribution in [2.45, 2.75) is 50.4 Å². The molecule has 0 saturated heterocycles. The van der Waals surface area contributed by atoms with Crippen LogP contribution in [0.4, 0.5) is 0 Å². The average Bonchev–Trinajstić information content (AvgIpc) is 3.45. The van der Waals surface area contributed by atoms with E-state index < -0.39 is 29.7 Å². The first kappa shape index (κ1) is 20.3. The SMILES string of the molecule is COc1ccc(C2CCCCC2)c2c1cc1n2C=C2C(=C3C=CC[C@@H](C(=O)O)C31)C2C(=O)O. The van der Waals surface area contributed by atoms with Crippen molar-refractivity contribution in [2.75, 3.05) is 7.11 Å². The Labute approximate surface area is 191 Å². The van der Waals surface area contributed by atoms with Crippen LogP contribution in [0.25, 0.3) is 17.1 Å². The van der Waals surface area contributed by atoms with E-state index in [1.54, 1.807) is 7.11 Å². The Morgan fingerprint density at radius 3 is 2.58 bits per heavy atom. The number of aliphatic carboxylic acids is 2. The molecule has 0 spiro atoms. The molecule has 2 unspecified atom stereocenters. The van der Waals surface area contributed by atoms with Crippen molar-refractivity contribution in [3.8, 4) is 5.75 Å². The molecule has 0 radical (unpaired) electrons. The van der Waals surface area contributed by atoms with E-state index in [1.807, 2.05) is 24.4 Å². The minimum atomic E-state index is -0.877. The summed E-state index contributed by atoms with van der Waals surface area (Å²) in [4.78, 5) is 24.3. The first-order valence-electron chi connectivity index (χ1n) is 11.8. The van der Waals surface area contributed by atoms with Gasteiger partial charge in [-0.15, -0.1) is 0 Å². The molecule has 3 aliphatic carbocycles. The van der Waals surface area contributed by atoms with Crippen LogP contribution < -0.4 is 4.74 Å². The summed E-state index contributed by atoms with van der Waals surface area (Å²) in [5, 5.41) is 20.9. The summed E-state index contributed by atoms with van der Waals surface area (Å²) in [7, 11) is 1.66. The van der Waals surface area contributed by atoms with Gasteiger partial charge in [0, 0.05) is 23.2 Å². The highest BCUT2D eigenvalue weighted by molar-refractivity contribution is 5.98. The van der Waals surface area contributed by atoms with Crippen LogP contribution in [0.3, 0.4) is 0 Å². The van der Waals surface area contributed by atoms with E-state index in [9.17, 15) is 19.8 Å². The molecule has 33 heavy (non-hydrogen) atoms. The molecule has 6 heteroatoms. The predicted molar refractivity (Wildman–Crippen MR) is 124 cm³/mol. The van der Waals surface area contributed by atoms with Crippen molar-refractivity contribution in [3.05, 3.63) is 58.3 Å². The molecule has 6 rings (SSSR count). The lowest BCUT2D eigenvalue weighted by Crippen LogP contribution is -2.26. The highest BCUT2D eigenvalue weighted by Gasteiger charge is 2.51. The molecule has 3 atom stereocenters. The minimum Gasteiger partial charge on any atom is -0.496 e. The van der Waals surface area contributed by atoms with Gasteiger partial charge in [-0.05, 0) is 59.6 Å². The fourth-order valence-electron chi connectivity index (χ4n) is 6.44. The van der Waals surface area contributed by atoms with Crippen molar-refractivity contribution in [3.63, 3.8) is 0 Å². The number of benzene rings is 1. The largest absolute Gasteiger partial charge is 0.496 e.